The maximum atomic E-state index is 5.75. The van der Waals surface area contributed by atoms with Crippen LogP contribution in [-0.2, 0) is 6.54 Å². The van der Waals surface area contributed by atoms with E-state index in [-0.39, 0.29) is 0 Å². The van der Waals surface area contributed by atoms with Crippen LogP contribution in [0.2, 0.25) is 0 Å². The van der Waals surface area contributed by atoms with E-state index in [0.717, 1.165) is 33.4 Å². The summed E-state index contributed by atoms with van der Waals surface area (Å²) >= 11 is 1.65. The van der Waals surface area contributed by atoms with Crippen molar-refractivity contribution in [1.29, 1.82) is 0 Å². The molecule has 0 N–H and O–H groups in total. The molecule has 24 heavy (non-hydrogen) atoms. The van der Waals surface area contributed by atoms with Crippen LogP contribution in [0.1, 0.15) is 0 Å². The van der Waals surface area contributed by atoms with E-state index in [1.807, 2.05) is 48.5 Å². The number of methoxy groups -OCH3 is 1. The molecular weight excluding hydrogens is 320 g/mol. The van der Waals surface area contributed by atoms with Crippen molar-refractivity contribution in [2.24, 2.45) is 0 Å². The van der Waals surface area contributed by atoms with Gasteiger partial charge in [0.2, 0.25) is 0 Å². The summed E-state index contributed by atoms with van der Waals surface area (Å²) in [7, 11) is 1.65. The topological polar surface area (TPSA) is 36.3 Å². The Labute approximate surface area is 145 Å². The SMILES string of the molecule is C#CCn1c(SCCOc2ccc(OC)cc2)nc2ccccc21. The van der Waals surface area contributed by atoms with E-state index in [9.17, 15) is 0 Å². The van der Waals surface area contributed by atoms with Gasteiger partial charge in [0.15, 0.2) is 5.16 Å². The summed E-state index contributed by atoms with van der Waals surface area (Å²) in [4.78, 5) is 4.66. The zero-order valence-corrected chi connectivity index (χ0v) is 14.3. The lowest BCUT2D eigenvalue weighted by Gasteiger charge is -2.07. The lowest BCUT2D eigenvalue weighted by atomic mass is 10.3. The van der Waals surface area contributed by atoms with Crippen LogP contribution >= 0.6 is 11.8 Å². The fraction of sp³-hybridized carbons (Fsp3) is 0.211. The van der Waals surface area contributed by atoms with Gasteiger partial charge in [0.25, 0.3) is 0 Å². The summed E-state index contributed by atoms with van der Waals surface area (Å²) in [5.74, 6) is 5.13. The van der Waals surface area contributed by atoms with Crippen LogP contribution in [0.25, 0.3) is 11.0 Å². The predicted molar refractivity (Wildman–Crippen MR) is 97.8 cm³/mol. The van der Waals surface area contributed by atoms with Crippen molar-refractivity contribution in [1.82, 2.24) is 9.55 Å². The number of thioether (sulfide) groups is 1. The summed E-state index contributed by atoms with van der Waals surface area (Å²) in [6.45, 7) is 1.11. The Morgan fingerprint density at radius 1 is 1.12 bits per heavy atom. The smallest absolute Gasteiger partial charge is 0.170 e. The monoisotopic (exact) mass is 338 g/mol. The van der Waals surface area contributed by atoms with Crippen molar-refractivity contribution in [2.45, 2.75) is 11.7 Å². The normalized spacial score (nSPS) is 10.5. The van der Waals surface area contributed by atoms with Crippen LogP contribution in [-0.4, -0.2) is 29.0 Å². The molecule has 4 nitrogen and oxygen atoms in total. The minimum atomic E-state index is 0.516. The molecule has 0 saturated heterocycles. The van der Waals surface area contributed by atoms with Crippen LogP contribution in [0.3, 0.4) is 0 Å². The third-order valence-electron chi connectivity index (χ3n) is 3.51. The first kappa shape index (κ1) is 16.3. The van der Waals surface area contributed by atoms with Gasteiger partial charge in [-0.25, -0.2) is 4.98 Å². The zero-order valence-electron chi connectivity index (χ0n) is 13.4. The molecule has 0 bridgehead atoms. The quantitative estimate of drug-likeness (QED) is 0.372. The Bertz CT molecular complexity index is 850. The summed E-state index contributed by atoms with van der Waals surface area (Å²) in [5.41, 5.74) is 2.03. The van der Waals surface area contributed by atoms with Gasteiger partial charge in [-0.05, 0) is 36.4 Å². The lowest BCUT2D eigenvalue weighted by Crippen LogP contribution is -2.03. The number of hydrogen-bond donors (Lipinski definition) is 0. The highest BCUT2D eigenvalue weighted by atomic mass is 32.2. The van der Waals surface area contributed by atoms with Crippen molar-refractivity contribution in [2.75, 3.05) is 19.5 Å². The molecule has 0 aliphatic heterocycles. The number of nitrogens with zero attached hydrogens (tertiary/aromatic N) is 2. The summed E-state index contributed by atoms with van der Waals surface area (Å²) < 4.78 is 12.9. The third-order valence-corrected chi connectivity index (χ3v) is 4.45. The van der Waals surface area contributed by atoms with Crippen LogP contribution in [0.15, 0.2) is 53.7 Å². The first-order valence-electron chi connectivity index (χ1n) is 7.60. The molecule has 1 aromatic heterocycles. The van der Waals surface area contributed by atoms with Gasteiger partial charge in [-0.1, -0.05) is 29.8 Å². The molecule has 0 spiro atoms. The van der Waals surface area contributed by atoms with Crippen LogP contribution in [0.5, 0.6) is 11.5 Å². The number of hydrogen-bond acceptors (Lipinski definition) is 4. The van der Waals surface area contributed by atoms with Gasteiger partial charge in [0, 0.05) is 5.75 Å². The van der Waals surface area contributed by atoms with Gasteiger partial charge >= 0.3 is 0 Å². The Morgan fingerprint density at radius 2 is 1.88 bits per heavy atom. The molecular formula is C19H18N2O2S. The molecule has 0 saturated carbocycles. The van der Waals surface area contributed by atoms with Gasteiger partial charge < -0.3 is 14.0 Å². The fourth-order valence-electron chi connectivity index (χ4n) is 2.37. The number of terminal acetylenes is 1. The Balaban J connectivity index is 1.61. The van der Waals surface area contributed by atoms with Gasteiger partial charge in [-0.3, -0.25) is 0 Å². The predicted octanol–water partition coefficient (Wildman–Crippen LogP) is 3.85. The first-order valence-corrected chi connectivity index (χ1v) is 8.59. The number of benzene rings is 2. The average Bonchev–Trinajstić information content (AvgIpc) is 2.97. The fourth-order valence-corrected chi connectivity index (χ4v) is 3.20. The molecule has 1 heterocycles. The molecule has 0 atom stereocenters. The van der Waals surface area contributed by atoms with E-state index in [1.165, 1.54) is 0 Å². The zero-order chi connectivity index (χ0) is 16.8. The molecule has 0 aliphatic carbocycles. The van der Waals surface area contributed by atoms with E-state index >= 15 is 0 Å². The van der Waals surface area contributed by atoms with Crippen molar-refractivity contribution in [3.05, 3.63) is 48.5 Å². The Morgan fingerprint density at radius 3 is 2.62 bits per heavy atom. The first-order chi connectivity index (χ1) is 11.8. The van der Waals surface area contributed by atoms with Gasteiger partial charge in [-0.2, -0.15) is 0 Å². The molecule has 0 fully saturated rings. The Hall–Kier alpha value is -2.58. The van der Waals surface area contributed by atoms with E-state index < -0.39 is 0 Å². The number of rotatable bonds is 7. The number of fused-ring (bicyclic) bond motifs is 1. The molecule has 2 aromatic carbocycles. The maximum absolute atomic E-state index is 5.75. The molecule has 0 radical (unpaired) electrons. The average molecular weight is 338 g/mol. The van der Waals surface area contributed by atoms with Crippen molar-refractivity contribution in [3.63, 3.8) is 0 Å². The lowest BCUT2D eigenvalue weighted by molar-refractivity contribution is 0.342. The minimum Gasteiger partial charge on any atom is -0.497 e. The molecule has 0 amide bonds. The van der Waals surface area contributed by atoms with Crippen molar-refractivity contribution in [3.8, 4) is 23.8 Å². The van der Waals surface area contributed by atoms with Crippen LogP contribution in [0, 0.1) is 12.3 Å². The van der Waals surface area contributed by atoms with Crippen LogP contribution in [0.4, 0.5) is 0 Å². The van der Waals surface area contributed by atoms with Gasteiger partial charge in [-0.15, -0.1) is 6.42 Å². The standard InChI is InChI=1S/C19H18N2O2S/c1-3-12-21-18-7-5-4-6-17(18)20-19(21)24-14-13-23-16-10-8-15(22-2)9-11-16/h1,4-11H,12-14H2,2H3. The minimum absolute atomic E-state index is 0.516. The number of imidazole rings is 1. The summed E-state index contributed by atoms with van der Waals surface area (Å²) in [5, 5.41) is 0.924. The van der Waals surface area contributed by atoms with E-state index in [1.54, 1.807) is 18.9 Å². The molecule has 3 aromatic rings. The third kappa shape index (κ3) is 3.66. The highest BCUT2D eigenvalue weighted by molar-refractivity contribution is 7.99. The van der Waals surface area contributed by atoms with E-state index in [4.69, 9.17) is 15.9 Å². The second-order valence-corrected chi connectivity index (χ2v) is 6.11. The van der Waals surface area contributed by atoms with Crippen molar-refractivity contribution >= 4 is 22.8 Å². The van der Waals surface area contributed by atoms with Crippen molar-refractivity contribution < 1.29 is 9.47 Å². The largest absolute Gasteiger partial charge is 0.497 e. The summed E-state index contributed by atoms with van der Waals surface area (Å²) in [6, 6.07) is 15.6. The van der Waals surface area contributed by atoms with E-state index in [2.05, 4.69) is 15.5 Å². The highest BCUT2D eigenvalue weighted by Crippen LogP contribution is 2.24. The second kappa shape index (κ2) is 7.80. The molecule has 5 heteroatoms. The van der Waals surface area contributed by atoms with Crippen LogP contribution < -0.4 is 9.47 Å². The van der Waals surface area contributed by atoms with Gasteiger partial charge in [0.1, 0.15) is 11.5 Å². The highest BCUT2D eigenvalue weighted by Gasteiger charge is 2.09. The van der Waals surface area contributed by atoms with Gasteiger partial charge in [0.05, 0.1) is 31.3 Å². The number of ether oxygens (including phenoxy) is 2. The summed E-state index contributed by atoms with van der Waals surface area (Å²) in [6.07, 6.45) is 5.49. The molecule has 122 valence electrons. The maximum Gasteiger partial charge on any atom is 0.170 e. The Kier molecular flexibility index (Phi) is 5.29. The molecule has 0 aliphatic rings. The number of para-hydroxylation sites is 2. The van der Waals surface area contributed by atoms with E-state index in [0.29, 0.717) is 13.2 Å². The molecule has 0 unspecified atom stereocenters. The second-order valence-electron chi connectivity index (χ2n) is 5.05. The number of aromatic nitrogens is 2. The molecule has 3 rings (SSSR count).